The number of nitrogens with one attached hydrogen (secondary N) is 1. The minimum atomic E-state index is -4.42. The topological polar surface area (TPSA) is 75.6 Å². The van der Waals surface area contributed by atoms with Crippen molar-refractivity contribution in [2.24, 2.45) is 0 Å². The lowest BCUT2D eigenvalue weighted by molar-refractivity contribution is -0.138. The van der Waals surface area contributed by atoms with Gasteiger partial charge < -0.3 is 15.2 Å². The number of fused-ring (bicyclic) bond motifs is 3. The Morgan fingerprint density at radius 3 is 2.03 bits per heavy atom. The van der Waals surface area contributed by atoms with Gasteiger partial charge in [-0.05, 0) is 52.8 Å². The number of rotatable bonds is 8. The highest BCUT2D eigenvalue weighted by Crippen LogP contribution is 2.44. The van der Waals surface area contributed by atoms with E-state index in [1.54, 1.807) is 0 Å². The Hall–Kier alpha value is -3.81. The highest BCUT2D eigenvalue weighted by atomic mass is 19.4. The van der Waals surface area contributed by atoms with Crippen LogP contribution in [-0.2, 0) is 22.1 Å². The molecule has 1 amide bonds. The zero-order valence-corrected chi connectivity index (χ0v) is 18.7. The maximum atomic E-state index is 12.7. The normalized spacial score (nSPS) is 13.6. The first-order valence-electron chi connectivity index (χ1n) is 11.2. The average molecular weight is 483 g/mol. The van der Waals surface area contributed by atoms with E-state index < -0.39 is 29.8 Å². The Balaban J connectivity index is 1.36. The largest absolute Gasteiger partial charge is 0.481 e. The second kappa shape index (κ2) is 10.2. The van der Waals surface area contributed by atoms with Crippen LogP contribution in [0.4, 0.5) is 18.0 Å². The van der Waals surface area contributed by atoms with Crippen LogP contribution in [0.3, 0.4) is 0 Å². The number of carbonyl (C=O) groups excluding carboxylic acids is 1. The maximum absolute atomic E-state index is 12.7. The third kappa shape index (κ3) is 5.82. The molecular weight excluding hydrogens is 459 g/mol. The second-order valence-corrected chi connectivity index (χ2v) is 8.50. The number of amides is 1. The van der Waals surface area contributed by atoms with E-state index in [1.807, 2.05) is 48.5 Å². The predicted molar refractivity (Wildman–Crippen MR) is 124 cm³/mol. The average Bonchev–Trinajstić information content (AvgIpc) is 3.14. The zero-order chi connectivity index (χ0) is 25.0. The molecular formula is C27H24F3NO4. The number of hydrogen-bond acceptors (Lipinski definition) is 3. The maximum Gasteiger partial charge on any atom is 0.416 e. The molecule has 0 unspecified atom stereocenters. The monoisotopic (exact) mass is 483 g/mol. The molecule has 1 aliphatic rings. The number of aliphatic carboxylic acids is 1. The fraction of sp³-hybridized carbons (Fsp3) is 0.259. The first kappa shape index (κ1) is 24.3. The van der Waals surface area contributed by atoms with Crippen molar-refractivity contribution in [3.8, 4) is 11.1 Å². The van der Waals surface area contributed by atoms with Crippen LogP contribution >= 0.6 is 0 Å². The fourth-order valence-corrected chi connectivity index (χ4v) is 4.44. The van der Waals surface area contributed by atoms with Gasteiger partial charge >= 0.3 is 18.2 Å². The fourth-order valence-electron chi connectivity index (χ4n) is 4.44. The van der Waals surface area contributed by atoms with Crippen molar-refractivity contribution in [3.05, 3.63) is 95.1 Å². The van der Waals surface area contributed by atoms with Gasteiger partial charge in [-0.15, -0.1) is 0 Å². The van der Waals surface area contributed by atoms with Crippen LogP contribution < -0.4 is 5.32 Å². The molecule has 3 aromatic rings. The molecule has 0 aromatic heterocycles. The van der Waals surface area contributed by atoms with Gasteiger partial charge in [0.1, 0.15) is 6.61 Å². The molecule has 35 heavy (non-hydrogen) atoms. The molecule has 1 atom stereocenters. The van der Waals surface area contributed by atoms with Crippen LogP contribution in [0, 0.1) is 0 Å². The SMILES string of the molecule is O=C(O)C[C@H](CCc1ccc(C(F)(F)F)cc1)NC(=O)OCC1c2ccccc2-c2ccccc21. The van der Waals surface area contributed by atoms with E-state index in [4.69, 9.17) is 4.74 Å². The quantitative estimate of drug-likeness (QED) is 0.411. The molecule has 0 heterocycles. The van der Waals surface area contributed by atoms with Gasteiger partial charge in [-0.3, -0.25) is 4.79 Å². The van der Waals surface area contributed by atoms with Gasteiger partial charge in [0.25, 0.3) is 0 Å². The van der Waals surface area contributed by atoms with Crippen molar-refractivity contribution in [3.63, 3.8) is 0 Å². The Morgan fingerprint density at radius 2 is 1.49 bits per heavy atom. The molecule has 0 saturated carbocycles. The van der Waals surface area contributed by atoms with E-state index in [0.29, 0.717) is 12.0 Å². The number of carboxylic acids is 1. The molecule has 0 fully saturated rings. The van der Waals surface area contributed by atoms with Crippen molar-refractivity contribution < 1.29 is 32.6 Å². The van der Waals surface area contributed by atoms with E-state index in [9.17, 15) is 27.9 Å². The number of benzene rings is 3. The van der Waals surface area contributed by atoms with Crippen molar-refractivity contribution in [1.29, 1.82) is 0 Å². The summed E-state index contributed by atoms with van der Waals surface area (Å²) in [5.74, 6) is -1.22. The Kier molecular flexibility index (Phi) is 7.10. The van der Waals surface area contributed by atoms with Crippen molar-refractivity contribution in [2.45, 2.75) is 37.4 Å². The van der Waals surface area contributed by atoms with Crippen LogP contribution in [0.25, 0.3) is 11.1 Å². The number of alkyl halides is 3. The molecule has 3 aromatic carbocycles. The highest BCUT2D eigenvalue weighted by molar-refractivity contribution is 5.79. The lowest BCUT2D eigenvalue weighted by atomic mass is 9.98. The first-order valence-corrected chi connectivity index (χ1v) is 11.2. The third-order valence-corrected chi connectivity index (χ3v) is 6.15. The summed E-state index contributed by atoms with van der Waals surface area (Å²) in [6, 6.07) is 19.8. The smallest absolute Gasteiger partial charge is 0.416 e. The van der Waals surface area contributed by atoms with Crippen LogP contribution in [0.5, 0.6) is 0 Å². The van der Waals surface area contributed by atoms with Crippen LogP contribution in [0.15, 0.2) is 72.8 Å². The molecule has 0 aliphatic heterocycles. The number of hydrogen-bond donors (Lipinski definition) is 2. The molecule has 5 nitrogen and oxygen atoms in total. The van der Waals surface area contributed by atoms with Gasteiger partial charge in [-0.1, -0.05) is 60.7 Å². The van der Waals surface area contributed by atoms with Gasteiger partial charge in [0, 0.05) is 12.0 Å². The van der Waals surface area contributed by atoms with Gasteiger partial charge in [0.2, 0.25) is 0 Å². The highest BCUT2D eigenvalue weighted by Gasteiger charge is 2.30. The molecule has 0 radical (unpaired) electrons. The number of alkyl carbamates (subject to hydrolysis) is 1. The number of aryl methyl sites for hydroxylation is 1. The van der Waals surface area contributed by atoms with Crippen LogP contribution in [0.1, 0.15) is 41.0 Å². The number of halogens is 3. The standard InChI is InChI=1S/C27H24F3NO4/c28-27(29,30)18-12-9-17(10-13-18)11-14-19(15-25(32)33)31-26(34)35-16-24-22-7-3-1-5-20(22)21-6-2-4-8-23(21)24/h1-10,12-13,19,24H,11,14-16H2,(H,31,34)(H,32,33)/t19-/m0/s1. The molecule has 4 rings (SSSR count). The van der Waals surface area contributed by atoms with Crippen molar-refractivity contribution in [1.82, 2.24) is 5.32 Å². The van der Waals surface area contributed by atoms with Crippen molar-refractivity contribution in [2.75, 3.05) is 6.61 Å². The summed E-state index contributed by atoms with van der Waals surface area (Å²) in [5.41, 5.74) is 4.18. The van der Waals surface area contributed by atoms with Gasteiger partial charge in [0.15, 0.2) is 0 Å². The molecule has 2 N–H and O–H groups in total. The molecule has 1 aliphatic carbocycles. The molecule has 0 spiro atoms. The summed E-state index contributed by atoms with van der Waals surface area (Å²) in [6.45, 7) is 0.0958. The lowest BCUT2D eigenvalue weighted by Gasteiger charge is -2.19. The van der Waals surface area contributed by atoms with E-state index in [0.717, 1.165) is 34.4 Å². The minimum Gasteiger partial charge on any atom is -0.481 e. The van der Waals surface area contributed by atoms with E-state index in [-0.39, 0.29) is 25.4 Å². The zero-order valence-electron chi connectivity index (χ0n) is 18.7. The summed E-state index contributed by atoms with van der Waals surface area (Å²) in [4.78, 5) is 23.8. The van der Waals surface area contributed by atoms with E-state index in [1.165, 1.54) is 12.1 Å². The third-order valence-electron chi connectivity index (χ3n) is 6.15. The molecule has 8 heteroatoms. The lowest BCUT2D eigenvalue weighted by Crippen LogP contribution is -2.37. The molecule has 0 bridgehead atoms. The Labute approximate surface area is 200 Å². The number of carbonyl (C=O) groups is 2. The van der Waals surface area contributed by atoms with E-state index in [2.05, 4.69) is 5.32 Å². The van der Waals surface area contributed by atoms with Gasteiger partial charge in [-0.25, -0.2) is 4.79 Å². The summed E-state index contributed by atoms with van der Waals surface area (Å²) in [7, 11) is 0. The van der Waals surface area contributed by atoms with Gasteiger partial charge in [-0.2, -0.15) is 13.2 Å². The first-order chi connectivity index (χ1) is 16.7. The Morgan fingerprint density at radius 1 is 0.914 bits per heavy atom. The molecule has 182 valence electrons. The molecule has 0 saturated heterocycles. The minimum absolute atomic E-state index is 0.0958. The van der Waals surface area contributed by atoms with Crippen LogP contribution in [0.2, 0.25) is 0 Å². The van der Waals surface area contributed by atoms with Crippen LogP contribution in [-0.4, -0.2) is 29.8 Å². The summed E-state index contributed by atoms with van der Waals surface area (Å²) in [5, 5.41) is 11.8. The second-order valence-electron chi connectivity index (χ2n) is 8.50. The Bertz CT molecular complexity index is 1160. The van der Waals surface area contributed by atoms with E-state index >= 15 is 0 Å². The number of ether oxygens (including phenoxy) is 1. The van der Waals surface area contributed by atoms with Gasteiger partial charge in [0.05, 0.1) is 12.0 Å². The predicted octanol–water partition coefficient (Wildman–Crippen LogP) is 6.02. The number of carboxylic acid groups (broad SMARTS) is 1. The summed E-state index contributed by atoms with van der Waals surface area (Å²) in [6.07, 6.45) is -4.94. The summed E-state index contributed by atoms with van der Waals surface area (Å²) < 4.78 is 43.7. The van der Waals surface area contributed by atoms with Crippen molar-refractivity contribution >= 4 is 12.1 Å². The summed E-state index contributed by atoms with van der Waals surface area (Å²) >= 11 is 0.